The van der Waals surface area contributed by atoms with Gasteiger partial charge in [0.1, 0.15) is 11.9 Å². The van der Waals surface area contributed by atoms with Crippen LogP contribution in [0.2, 0.25) is 0 Å². The normalized spacial score (nSPS) is 20.6. The van der Waals surface area contributed by atoms with Crippen molar-refractivity contribution in [3.05, 3.63) is 95.7 Å². The molecule has 5 rings (SSSR count). The smallest absolute Gasteiger partial charge is 0.573 e. The number of aliphatic hydroxyl groups is 1. The molecule has 1 aliphatic heterocycles. The van der Waals surface area contributed by atoms with E-state index in [1.54, 1.807) is 0 Å². The van der Waals surface area contributed by atoms with Crippen molar-refractivity contribution in [1.82, 2.24) is 4.72 Å². The molecule has 0 saturated heterocycles. The van der Waals surface area contributed by atoms with E-state index in [9.17, 15) is 22.8 Å². The highest BCUT2D eigenvalue weighted by Gasteiger charge is 2.36. The predicted octanol–water partition coefficient (Wildman–Crippen LogP) is 5.54. The van der Waals surface area contributed by atoms with Gasteiger partial charge in [-0.25, -0.2) is 0 Å². The van der Waals surface area contributed by atoms with Crippen LogP contribution in [0.3, 0.4) is 0 Å². The number of halogens is 3. The molecule has 2 N–H and O–H groups in total. The lowest BCUT2D eigenvalue weighted by Crippen LogP contribution is -2.48. The molecule has 188 valence electrons. The molecule has 0 spiro atoms. The maximum Gasteiger partial charge on any atom is 0.573 e. The predicted molar refractivity (Wildman–Crippen MR) is 132 cm³/mol. The van der Waals surface area contributed by atoms with Crippen molar-refractivity contribution in [3.8, 4) is 5.75 Å². The van der Waals surface area contributed by atoms with E-state index in [1.165, 1.54) is 23.3 Å². The number of ether oxygens (including phenoxy) is 1. The van der Waals surface area contributed by atoms with Gasteiger partial charge in [0, 0.05) is 17.1 Å². The summed E-state index contributed by atoms with van der Waals surface area (Å²) in [5, 5.41) is 11.4. The Labute approximate surface area is 210 Å². The van der Waals surface area contributed by atoms with E-state index in [0.29, 0.717) is 23.4 Å². The third-order valence-electron chi connectivity index (χ3n) is 6.43. The summed E-state index contributed by atoms with van der Waals surface area (Å²) in [5.74, 6) is -0.385. The number of anilines is 2. The number of hydrogen-bond acceptors (Lipinski definition) is 5. The number of aryl methyl sites for hydroxylation is 2. The molecule has 0 saturated carbocycles. The molecule has 2 aliphatic rings. The highest BCUT2D eigenvalue weighted by Crippen LogP contribution is 2.41. The van der Waals surface area contributed by atoms with Crippen molar-refractivity contribution in [2.45, 2.75) is 49.1 Å². The monoisotopic (exact) mass is 514 g/mol. The van der Waals surface area contributed by atoms with Crippen molar-refractivity contribution < 1.29 is 27.6 Å². The molecule has 0 fully saturated rings. The van der Waals surface area contributed by atoms with Crippen LogP contribution < -0.4 is 14.4 Å². The van der Waals surface area contributed by atoms with Gasteiger partial charge in [-0.2, -0.15) is 0 Å². The van der Waals surface area contributed by atoms with E-state index >= 15 is 0 Å². The number of aliphatic hydroxyl groups excluding tert-OH is 1. The summed E-state index contributed by atoms with van der Waals surface area (Å²) in [4.78, 5) is 2.39. The summed E-state index contributed by atoms with van der Waals surface area (Å²) in [7, 11) is 0. The largest absolute Gasteiger partial charge is 0.593 e. The molecular weight excluding hydrogens is 489 g/mol. The topological polar surface area (TPSA) is 67.8 Å². The van der Waals surface area contributed by atoms with Gasteiger partial charge in [0.15, 0.2) is 4.90 Å². The first-order valence-electron chi connectivity index (χ1n) is 11.7. The second-order valence-corrected chi connectivity index (χ2v) is 10.0. The van der Waals surface area contributed by atoms with Gasteiger partial charge in [-0.3, -0.25) is 0 Å². The number of rotatable bonds is 5. The Morgan fingerprint density at radius 2 is 1.50 bits per heavy atom. The van der Waals surface area contributed by atoms with Crippen LogP contribution in [0.5, 0.6) is 5.75 Å². The van der Waals surface area contributed by atoms with E-state index in [4.69, 9.17) is 0 Å². The number of alkyl halides is 3. The fraction of sp³-hybridized carbons (Fsp3) is 0.259. The zero-order valence-corrected chi connectivity index (χ0v) is 20.1. The number of para-hydroxylation sites is 2. The van der Waals surface area contributed by atoms with Gasteiger partial charge in [0.05, 0.1) is 17.4 Å². The second kappa shape index (κ2) is 10.2. The van der Waals surface area contributed by atoms with Crippen LogP contribution in [0.25, 0.3) is 0 Å². The highest BCUT2D eigenvalue weighted by atomic mass is 32.2. The van der Waals surface area contributed by atoms with Gasteiger partial charge in [-0.05, 0) is 73.2 Å². The first-order chi connectivity index (χ1) is 17.3. The summed E-state index contributed by atoms with van der Waals surface area (Å²) < 4.78 is 57.1. The van der Waals surface area contributed by atoms with Crippen LogP contribution in [-0.2, 0) is 24.2 Å². The third-order valence-corrected chi connectivity index (χ3v) is 7.65. The highest BCUT2D eigenvalue weighted by molar-refractivity contribution is 7.89. The molecule has 0 amide bonds. The Bertz CT molecular complexity index is 1200. The van der Waals surface area contributed by atoms with Gasteiger partial charge >= 0.3 is 6.36 Å². The maximum absolute atomic E-state index is 13.0. The fourth-order valence-corrected chi connectivity index (χ4v) is 5.81. The summed E-state index contributed by atoms with van der Waals surface area (Å²) in [6.45, 7) is 0. The summed E-state index contributed by atoms with van der Waals surface area (Å²) in [5.41, 5.74) is 5.10. The average Bonchev–Trinajstić information content (AvgIpc) is 3.02. The van der Waals surface area contributed by atoms with E-state index in [0.717, 1.165) is 36.3 Å². The van der Waals surface area contributed by atoms with E-state index in [-0.39, 0.29) is 5.75 Å². The van der Waals surface area contributed by atoms with Crippen LogP contribution in [0, 0.1) is 0 Å². The first-order valence-corrected chi connectivity index (χ1v) is 12.8. The minimum absolute atomic E-state index is 0.290. The van der Waals surface area contributed by atoms with Gasteiger partial charge in [0.2, 0.25) is 0 Å². The van der Waals surface area contributed by atoms with Gasteiger partial charge in [0.25, 0.3) is 0 Å². The van der Waals surface area contributed by atoms with E-state index in [2.05, 4.69) is 26.5 Å². The molecule has 0 bridgehead atoms. The van der Waals surface area contributed by atoms with Crippen LogP contribution >= 0.6 is 0 Å². The van der Waals surface area contributed by atoms with Crippen LogP contribution in [0.1, 0.15) is 24.0 Å². The molecule has 3 atom stereocenters. The van der Waals surface area contributed by atoms with Gasteiger partial charge < -0.3 is 19.3 Å². The lowest BCUT2D eigenvalue weighted by molar-refractivity contribution is -0.274. The van der Waals surface area contributed by atoms with Crippen LogP contribution in [0.4, 0.5) is 24.5 Å². The zero-order chi connectivity index (χ0) is 25.3. The summed E-state index contributed by atoms with van der Waals surface area (Å²) in [6, 6.07) is 20.6. The molecule has 1 heterocycles. The number of hydrogen-bond donors (Lipinski definition) is 2. The van der Waals surface area contributed by atoms with E-state index < -0.39 is 29.9 Å². The third kappa shape index (κ3) is 5.24. The number of nitrogens with zero attached hydrogens (tertiary/aromatic N) is 1. The summed E-state index contributed by atoms with van der Waals surface area (Å²) >= 11 is -1.74. The fourth-order valence-electron chi connectivity index (χ4n) is 4.77. The lowest BCUT2D eigenvalue weighted by atomic mass is 9.94. The molecule has 0 radical (unpaired) electrons. The molecule has 3 aromatic carbocycles. The van der Waals surface area contributed by atoms with Crippen LogP contribution in [0.15, 0.2) is 89.5 Å². The zero-order valence-electron chi connectivity index (χ0n) is 19.2. The van der Waals surface area contributed by atoms with Crippen molar-refractivity contribution >= 4 is 22.7 Å². The molecule has 5 nitrogen and oxygen atoms in total. The van der Waals surface area contributed by atoms with Crippen molar-refractivity contribution in [3.63, 3.8) is 0 Å². The Morgan fingerprint density at radius 1 is 0.917 bits per heavy atom. The van der Waals surface area contributed by atoms with Crippen LogP contribution in [-0.4, -0.2) is 28.2 Å². The van der Waals surface area contributed by atoms with E-state index in [1.807, 2.05) is 42.5 Å². The number of nitrogens with one attached hydrogen (secondary N) is 1. The molecule has 9 heteroatoms. The SMILES string of the molecule is [O-][S@@+](N[C@H]1CCC=C(N2c3ccccc3CCc3ccccc32)[C@@H]1O)c1ccc(OC(F)(F)F)cc1. The molecule has 1 aliphatic carbocycles. The standard InChI is InChI=1S/C27H25F3N2O3S/c28-27(29,30)35-20-14-16-21(17-15-20)36(34)31-22-8-5-11-25(26(22)33)32-23-9-3-1-6-18(23)12-13-19-7-2-4-10-24(19)32/h1-4,6-7,9-11,14-17,22,26,31,33H,5,8,12-13H2/t22-,26+,36+/m0/s1. The van der Waals surface area contributed by atoms with Crippen molar-refractivity contribution in [1.29, 1.82) is 0 Å². The van der Waals surface area contributed by atoms with Gasteiger partial charge in [-0.1, -0.05) is 42.5 Å². The minimum atomic E-state index is -4.79. The number of benzene rings is 3. The van der Waals surface area contributed by atoms with Crippen molar-refractivity contribution in [2.24, 2.45) is 0 Å². The van der Waals surface area contributed by atoms with Crippen molar-refractivity contribution in [2.75, 3.05) is 4.90 Å². The molecule has 0 unspecified atom stereocenters. The molecular formula is C27H25F3N2O3S. The average molecular weight is 515 g/mol. The second-order valence-electron chi connectivity index (χ2n) is 8.76. The first kappa shape index (κ1) is 24.7. The Morgan fingerprint density at radius 3 is 2.08 bits per heavy atom. The molecule has 0 aromatic heterocycles. The molecule has 3 aromatic rings. The summed E-state index contributed by atoms with van der Waals surface area (Å²) in [6.07, 6.45) is -0.732. The Hall–Kier alpha value is -2.98. The maximum atomic E-state index is 13.0. The number of allylic oxidation sites excluding steroid dienone is 1. The molecule has 36 heavy (non-hydrogen) atoms. The lowest BCUT2D eigenvalue weighted by Gasteiger charge is -2.37. The minimum Gasteiger partial charge on any atom is -0.593 e. The van der Waals surface area contributed by atoms with Gasteiger partial charge in [-0.15, -0.1) is 17.9 Å². The Balaban J connectivity index is 1.38. The number of fused-ring (bicyclic) bond motifs is 2. The Kier molecular flexibility index (Phi) is 6.98. The quantitative estimate of drug-likeness (QED) is 0.438.